The Morgan fingerprint density at radius 2 is 2.14 bits per heavy atom. The lowest BCUT2D eigenvalue weighted by Crippen LogP contribution is -2.53. The summed E-state index contributed by atoms with van der Waals surface area (Å²) >= 11 is 0. The first-order valence-electron chi connectivity index (χ1n) is 7.42. The van der Waals surface area contributed by atoms with Crippen molar-refractivity contribution in [1.82, 2.24) is 10.3 Å². The van der Waals surface area contributed by atoms with E-state index in [1.807, 2.05) is 44.2 Å². The molecule has 2 aromatic rings. The minimum Gasteiger partial charge on any atom is -0.345 e. The van der Waals surface area contributed by atoms with E-state index in [1.54, 1.807) is 0 Å². The van der Waals surface area contributed by atoms with Gasteiger partial charge in [0.25, 0.3) is 5.91 Å². The van der Waals surface area contributed by atoms with Crippen LogP contribution in [0.15, 0.2) is 30.3 Å². The largest absolute Gasteiger partial charge is 0.345 e. The number of aromatic nitrogens is 1. The molecule has 1 aliphatic rings. The average Bonchev–Trinajstić information content (AvgIpc) is 3.31. The summed E-state index contributed by atoms with van der Waals surface area (Å²) in [6.07, 6.45) is 2.29. The van der Waals surface area contributed by atoms with E-state index in [9.17, 15) is 4.79 Å². The van der Waals surface area contributed by atoms with Crippen LogP contribution in [0.25, 0.3) is 10.9 Å². The first-order valence-corrected chi connectivity index (χ1v) is 7.42. The first kappa shape index (κ1) is 14.0. The number of carbonyl (C=O) groups excluding carboxylic acids is 1. The van der Waals surface area contributed by atoms with Gasteiger partial charge in [0.1, 0.15) is 0 Å². The van der Waals surface area contributed by atoms with Gasteiger partial charge in [-0.05, 0) is 44.7 Å². The fourth-order valence-electron chi connectivity index (χ4n) is 2.86. The number of aryl methyl sites for hydroxylation is 1. The summed E-state index contributed by atoms with van der Waals surface area (Å²) in [4.78, 5) is 17.2. The van der Waals surface area contributed by atoms with Gasteiger partial charge in [-0.1, -0.05) is 18.2 Å². The maximum Gasteiger partial charge on any atom is 0.252 e. The van der Waals surface area contributed by atoms with Gasteiger partial charge in [0.05, 0.1) is 16.6 Å². The lowest BCUT2D eigenvalue weighted by Gasteiger charge is -2.29. The Balaban J connectivity index is 1.98. The SMILES string of the molecule is Cc1cc(C(=O)NC(C)(CN)C2CC2)c2ccccc2n1. The number of para-hydroxylation sites is 1. The summed E-state index contributed by atoms with van der Waals surface area (Å²) in [5.74, 6) is 0.442. The zero-order valence-corrected chi connectivity index (χ0v) is 12.5. The van der Waals surface area contributed by atoms with Crippen LogP contribution in [-0.4, -0.2) is 23.0 Å². The van der Waals surface area contributed by atoms with E-state index >= 15 is 0 Å². The van der Waals surface area contributed by atoms with Gasteiger partial charge in [-0.25, -0.2) is 0 Å². The number of benzene rings is 1. The number of carbonyl (C=O) groups is 1. The second kappa shape index (κ2) is 5.11. The molecular formula is C17H21N3O. The van der Waals surface area contributed by atoms with Crippen LogP contribution < -0.4 is 11.1 Å². The number of nitrogens with zero attached hydrogens (tertiary/aromatic N) is 1. The molecule has 0 bridgehead atoms. The van der Waals surface area contributed by atoms with Crippen molar-refractivity contribution >= 4 is 16.8 Å². The number of pyridine rings is 1. The van der Waals surface area contributed by atoms with Crippen LogP contribution in [-0.2, 0) is 0 Å². The molecule has 0 saturated heterocycles. The second-order valence-electron chi connectivity index (χ2n) is 6.18. The molecule has 1 aromatic carbocycles. The monoisotopic (exact) mass is 283 g/mol. The van der Waals surface area contributed by atoms with E-state index in [-0.39, 0.29) is 11.4 Å². The minimum atomic E-state index is -0.310. The quantitative estimate of drug-likeness (QED) is 0.905. The Morgan fingerprint density at radius 1 is 1.43 bits per heavy atom. The Hall–Kier alpha value is -1.94. The van der Waals surface area contributed by atoms with Crippen molar-refractivity contribution in [3.05, 3.63) is 41.6 Å². The topological polar surface area (TPSA) is 68.0 Å². The van der Waals surface area contributed by atoms with Crippen molar-refractivity contribution in [3.63, 3.8) is 0 Å². The van der Waals surface area contributed by atoms with Crippen molar-refractivity contribution in [3.8, 4) is 0 Å². The fraction of sp³-hybridized carbons (Fsp3) is 0.412. The van der Waals surface area contributed by atoms with Crippen molar-refractivity contribution in [1.29, 1.82) is 0 Å². The fourth-order valence-corrected chi connectivity index (χ4v) is 2.86. The molecule has 1 heterocycles. The molecule has 1 fully saturated rings. The van der Waals surface area contributed by atoms with Gasteiger partial charge in [0, 0.05) is 17.6 Å². The van der Waals surface area contributed by atoms with Crippen LogP contribution in [0.5, 0.6) is 0 Å². The number of fused-ring (bicyclic) bond motifs is 1. The molecule has 3 N–H and O–H groups in total. The molecule has 0 spiro atoms. The Kier molecular flexibility index (Phi) is 3.41. The average molecular weight is 283 g/mol. The molecule has 3 rings (SSSR count). The molecule has 1 amide bonds. The van der Waals surface area contributed by atoms with Gasteiger partial charge in [0.15, 0.2) is 0 Å². The van der Waals surface area contributed by atoms with Gasteiger partial charge in [-0.3, -0.25) is 9.78 Å². The summed E-state index contributed by atoms with van der Waals surface area (Å²) in [6, 6.07) is 9.58. The number of nitrogens with one attached hydrogen (secondary N) is 1. The Bertz CT molecular complexity index is 693. The molecule has 21 heavy (non-hydrogen) atoms. The van der Waals surface area contributed by atoms with Crippen LogP contribution in [0.1, 0.15) is 35.8 Å². The standard InChI is InChI=1S/C17H21N3O/c1-11-9-14(13-5-3-4-6-15(13)19-11)16(21)20-17(2,10-18)12-7-8-12/h3-6,9,12H,7-8,10,18H2,1-2H3,(H,20,21). The third kappa shape index (κ3) is 2.63. The van der Waals surface area contributed by atoms with Crippen molar-refractivity contribution in [2.75, 3.05) is 6.54 Å². The summed E-state index contributed by atoms with van der Waals surface area (Å²) in [5.41, 5.74) is 7.96. The molecule has 1 aromatic heterocycles. The highest BCUT2D eigenvalue weighted by Crippen LogP contribution is 2.39. The van der Waals surface area contributed by atoms with Gasteiger partial charge in [0.2, 0.25) is 0 Å². The van der Waals surface area contributed by atoms with E-state index < -0.39 is 0 Å². The molecular weight excluding hydrogens is 262 g/mol. The van der Waals surface area contributed by atoms with Gasteiger partial charge >= 0.3 is 0 Å². The summed E-state index contributed by atoms with van der Waals surface area (Å²) in [7, 11) is 0. The maximum absolute atomic E-state index is 12.7. The van der Waals surface area contributed by atoms with E-state index in [1.165, 1.54) is 0 Å². The van der Waals surface area contributed by atoms with E-state index in [0.29, 0.717) is 18.0 Å². The molecule has 1 aliphatic carbocycles. The molecule has 4 heteroatoms. The van der Waals surface area contributed by atoms with Gasteiger partial charge in [-0.2, -0.15) is 0 Å². The number of rotatable bonds is 4. The third-order valence-electron chi connectivity index (χ3n) is 4.39. The normalized spacial score (nSPS) is 17.5. The van der Waals surface area contributed by atoms with E-state index in [4.69, 9.17) is 5.73 Å². The lowest BCUT2D eigenvalue weighted by molar-refractivity contribution is 0.0899. The first-order chi connectivity index (χ1) is 10.0. The Labute approximate surface area is 124 Å². The molecule has 1 saturated carbocycles. The molecule has 0 aliphatic heterocycles. The second-order valence-corrected chi connectivity index (χ2v) is 6.18. The summed E-state index contributed by atoms with van der Waals surface area (Å²) < 4.78 is 0. The highest BCUT2D eigenvalue weighted by molar-refractivity contribution is 6.06. The van der Waals surface area contributed by atoms with E-state index in [0.717, 1.165) is 29.4 Å². The van der Waals surface area contributed by atoms with E-state index in [2.05, 4.69) is 10.3 Å². The van der Waals surface area contributed by atoms with Crippen LogP contribution in [0.3, 0.4) is 0 Å². The third-order valence-corrected chi connectivity index (χ3v) is 4.39. The number of hydrogen-bond donors (Lipinski definition) is 2. The van der Waals surface area contributed by atoms with Crippen molar-refractivity contribution in [2.45, 2.75) is 32.2 Å². The molecule has 1 unspecified atom stereocenters. The van der Waals surface area contributed by atoms with Crippen LogP contribution in [0, 0.1) is 12.8 Å². The molecule has 110 valence electrons. The predicted octanol–water partition coefficient (Wildman–Crippen LogP) is 2.40. The predicted molar refractivity (Wildman–Crippen MR) is 84.1 cm³/mol. The van der Waals surface area contributed by atoms with Crippen molar-refractivity contribution < 1.29 is 4.79 Å². The highest BCUT2D eigenvalue weighted by Gasteiger charge is 2.41. The highest BCUT2D eigenvalue weighted by atomic mass is 16.1. The zero-order valence-electron chi connectivity index (χ0n) is 12.5. The summed E-state index contributed by atoms with van der Waals surface area (Å²) in [6.45, 7) is 4.41. The van der Waals surface area contributed by atoms with Gasteiger partial charge in [-0.15, -0.1) is 0 Å². The van der Waals surface area contributed by atoms with Crippen LogP contribution in [0.2, 0.25) is 0 Å². The molecule has 1 atom stereocenters. The molecule has 0 radical (unpaired) electrons. The number of nitrogens with two attached hydrogens (primary N) is 1. The van der Waals surface area contributed by atoms with Crippen LogP contribution in [0.4, 0.5) is 0 Å². The van der Waals surface area contributed by atoms with Gasteiger partial charge < -0.3 is 11.1 Å². The minimum absolute atomic E-state index is 0.0587. The number of amides is 1. The Morgan fingerprint density at radius 3 is 2.81 bits per heavy atom. The summed E-state index contributed by atoms with van der Waals surface area (Å²) in [5, 5.41) is 4.03. The smallest absolute Gasteiger partial charge is 0.252 e. The lowest BCUT2D eigenvalue weighted by atomic mass is 9.95. The van der Waals surface area contributed by atoms with Crippen molar-refractivity contribution in [2.24, 2.45) is 11.7 Å². The van der Waals surface area contributed by atoms with Crippen LogP contribution >= 0.6 is 0 Å². The number of hydrogen-bond acceptors (Lipinski definition) is 3. The molecule has 4 nitrogen and oxygen atoms in total. The maximum atomic E-state index is 12.7. The zero-order chi connectivity index (χ0) is 15.0.